The van der Waals surface area contributed by atoms with Crippen LogP contribution in [0.4, 0.5) is 11.4 Å². The molecule has 1 amide bonds. The molecule has 34 heavy (non-hydrogen) atoms. The van der Waals surface area contributed by atoms with Crippen LogP contribution < -0.4 is 9.62 Å². The monoisotopic (exact) mass is 489 g/mol. The lowest BCUT2D eigenvalue weighted by atomic mass is 10.1. The van der Waals surface area contributed by atoms with E-state index in [0.29, 0.717) is 24.2 Å². The molecule has 0 saturated carbocycles. The Hall–Kier alpha value is -3.80. The zero-order valence-corrected chi connectivity index (χ0v) is 19.3. The van der Waals surface area contributed by atoms with Crippen LogP contribution in [-0.4, -0.2) is 55.9 Å². The van der Waals surface area contributed by atoms with Gasteiger partial charge in [-0.1, -0.05) is 6.07 Å². The van der Waals surface area contributed by atoms with Gasteiger partial charge in [0.25, 0.3) is 11.6 Å². The van der Waals surface area contributed by atoms with Crippen molar-refractivity contribution < 1.29 is 32.5 Å². The molecule has 1 atom stereocenters. The summed E-state index contributed by atoms with van der Waals surface area (Å²) in [5.74, 6) is -2.07. The van der Waals surface area contributed by atoms with Crippen LogP contribution in [0.1, 0.15) is 40.1 Å². The van der Waals surface area contributed by atoms with Gasteiger partial charge in [0.15, 0.2) is 12.4 Å². The van der Waals surface area contributed by atoms with Gasteiger partial charge in [0.1, 0.15) is 6.04 Å². The highest BCUT2D eigenvalue weighted by molar-refractivity contribution is 7.92. The molecule has 1 unspecified atom stereocenters. The summed E-state index contributed by atoms with van der Waals surface area (Å²) in [7, 11) is -3.40. The highest BCUT2D eigenvalue weighted by Gasteiger charge is 2.29. The number of nitro benzene ring substituents is 1. The van der Waals surface area contributed by atoms with Gasteiger partial charge in [-0.25, -0.2) is 13.2 Å². The van der Waals surface area contributed by atoms with Crippen molar-refractivity contribution in [2.45, 2.75) is 26.3 Å². The number of hydrogen-bond acceptors (Lipinski definition) is 8. The third-order valence-corrected chi connectivity index (χ3v) is 7.10. The highest BCUT2D eigenvalue weighted by atomic mass is 32.2. The molecule has 2 aromatic carbocycles. The molecule has 1 heterocycles. The van der Waals surface area contributed by atoms with E-state index in [1.54, 1.807) is 19.1 Å². The van der Waals surface area contributed by atoms with E-state index >= 15 is 0 Å². The van der Waals surface area contributed by atoms with Gasteiger partial charge in [-0.3, -0.25) is 24.0 Å². The molecule has 0 aliphatic carbocycles. The molecular weight excluding hydrogens is 466 g/mol. The Balaban J connectivity index is 1.58. The molecule has 11 nitrogen and oxygen atoms in total. The number of sulfonamides is 1. The molecular formula is C22H23N3O8S. The number of anilines is 1. The number of benzene rings is 2. The summed E-state index contributed by atoms with van der Waals surface area (Å²) in [5, 5.41) is 13.2. The normalized spacial score (nSPS) is 13.6. The second-order valence-corrected chi connectivity index (χ2v) is 9.78. The largest absolute Gasteiger partial charge is 0.456 e. The SMILES string of the molecule is CCS(=O)(=O)N1CCc2cc(C(=O)COC(=O)C(C)NC(=O)c3cccc([N+](=O)[O-])c3)ccc21. The molecule has 0 aromatic heterocycles. The first-order chi connectivity index (χ1) is 16.0. The fourth-order valence-corrected chi connectivity index (χ4v) is 4.59. The van der Waals surface area contributed by atoms with Crippen molar-refractivity contribution in [2.24, 2.45) is 0 Å². The fourth-order valence-electron chi connectivity index (χ4n) is 3.43. The average molecular weight is 490 g/mol. The summed E-state index contributed by atoms with van der Waals surface area (Å²) >= 11 is 0. The number of non-ortho nitro benzene ring substituents is 1. The van der Waals surface area contributed by atoms with Crippen molar-refractivity contribution in [1.29, 1.82) is 0 Å². The van der Waals surface area contributed by atoms with Crippen molar-refractivity contribution >= 4 is 39.1 Å². The van der Waals surface area contributed by atoms with E-state index in [1.165, 1.54) is 35.5 Å². The van der Waals surface area contributed by atoms with Crippen LogP contribution in [0, 0.1) is 10.1 Å². The van der Waals surface area contributed by atoms with E-state index in [2.05, 4.69) is 5.32 Å². The standard InChI is InChI=1S/C22H23N3O8S/c1-3-34(31,32)24-10-9-15-11-16(7-8-19(15)24)20(26)13-33-22(28)14(2)23-21(27)17-5-4-6-18(12-17)25(29)30/h4-8,11-12,14H,3,9-10,13H2,1-2H3,(H,23,27). The second kappa shape index (κ2) is 10.00. The Labute approximate surface area is 195 Å². The number of nitro groups is 1. The van der Waals surface area contributed by atoms with Crippen LogP contribution in [0.5, 0.6) is 0 Å². The van der Waals surface area contributed by atoms with E-state index < -0.39 is 45.3 Å². The Morgan fingerprint density at radius 1 is 1.18 bits per heavy atom. The number of amides is 1. The molecule has 180 valence electrons. The van der Waals surface area contributed by atoms with Gasteiger partial charge in [-0.15, -0.1) is 0 Å². The number of carbonyl (C=O) groups excluding carboxylic acids is 3. The Bertz CT molecular complexity index is 1260. The number of hydrogen-bond donors (Lipinski definition) is 1. The van der Waals surface area contributed by atoms with Crippen molar-refractivity contribution in [3.8, 4) is 0 Å². The number of nitrogens with one attached hydrogen (secondary N) is 1. The summed E-state index contributed by atoms with van der Waals surface area (Å²) in [4.78, 5) is 47.2. The van der Waals surface area contributed by atoms with Crippen molar-refractivity contribution in [3.05, 3.63) is 69.3 Å². The Morgan fingerprint density at radius 3 is 2.59 bits per heavy atom. The third kappa shape index (κ3) is 5.39. The maximum Gasteiger partial charge on any atom is 0.328 e. The number of nitrogens with zero attached hydrogens (tertiary/aromatic N) is 2. The van der Waals surface area contributed by atoms with Crippen LogP contribution in [0.2, 0.25) is 0 Å². The highest BCUT2D eigenvalue weighted by Crippen LogP contribution is 2.31. The molecule has 1 aliphatic heterocycles. The molecule has 0 bridgehead atoms. The third-order valence-electron chi connectivity index (χ3n) is 5.32. The fraction of sp³-hybridized carbons (Fsp3) is 0.318. The lowest BCUT2D eigenvalue weighted by Crippen LogP contribution is -2.40. The van der Waals surface area contributed by atoms with E-state index in [0.717, 1.165) is 6.07 Å². The topological polar surface area (TPSA) is 153 Å². The summed E-state index contributed by atoms with van der Waals surface area (Å²) in [6.45, 7) is 2.67. The predicted molar refractivity (Wildman–Crippen MR) is 122 cm³/mol. The maximum atomic E-state index is 12.5. The van der Waals surface area contributed by atoms with Crippen molar-refractivity contribution in [1.82, 2.24) is 5.32 Å². The molecule has 0 saturated heterocycles. The van der Waals surface area contributed by atoms with Crippen LogP contribution in [0.3, 0.4) is 0 Å². The smallest absolute Gasteiger partial charge is 0.328 e. The van der Waals surface area contributed by atoms with Gasteiger partial charge in [0, 0.05) is 29.8 Å². The van der Waals surface area contributed by atoms with Crippen LogP contribution in [-0.2, 0) is 26.0 Å². The molecule has 2 aromatic rings. The number of ether oxygens (including phenoxy) is 1. The van der Waals surface area contributed by atoms with Crippen molar-refractivity contribution in [3.63, 3.8) is 0 Å². The lowest BCUT2D eigenvalue weighted by Gasteiger charge is -2.18. The number of rotatable bonds is 9. The number of esters is 1. The van der Waals surface area contributed by atoms with Crippen LogP contribution in [0.25, 0.3) is 0 Å². The molecule has 3 rings (SSSR count). The quantitative estimate of drug-likeness (QED) is 0.242. The molecule has 1 aliphatic rings. The van der Waals surface area contributed by atoms with Crippen molar-refractivity contribution in [2.75, 3.05) is 23.2 Å². The van der Waals surface area contributed by atoms with Gasteiger partial charge in [-0.05, 0) is 50.1 Å². The summed E-state index contributed by atoms with van der Waals surface area (Å²) in [6, 6.07) is 8.55. The zero-order valence-electron chi connectivity index (χ0n) is 18.5. The van der Waals surface area contributed by atoms with Gasteiger partial charge < -0.3 is 10.1 Å². The minimum Gasteiger partial charge on any atom is -0.456 e. The number of carbonyl (C=O) groups is 3. The summed E-state index contributed by atoms with van der Waals surface area (Å²) in [6.07, 6.45) is 0.468. The van der Waals surface area contributed by atoms with E-state index in [4.69, 9.17) is 4.74 Å². The number of Topliss-reactive ketones (excluding diaryl/α,β-unsaturated/α-hetero) is 1. The maximum absolute atomic E-state index is 12.5. The number of fused-ring (bicyclic) bond motifs is 1. The zero-order chi connectivity index (χ0) is 25.0. The molecule has 0 spiro atoms. The van der Waals surface area contributed by atoms with Gasteiger partial charge in [0.05, 0.1) is 16.4 Å². The first-order valence-electron chi connectivity index (χ1n) is 10.4. The van der Waals surface area contributed by atoms with E-state index in [9.17, 15) is 32.9 Å². The lowest BCUT2D eigenvalue weighted by molar-refractivity contribution is -0.384. The average Bonchev–Trinajstić information content (AvgIpc) is 3.26. The van der Waals surface area contributed by atoms with Crippen LogP contribution in [0.15, 0.2) is 42.5 Å². The molecule has 12 heteroatoms. The first-order valence-corrected chi connectivity index (χ1v) is 12.0. The first kappa shape index (κ1) is 24.8. The molecule has 1 N–H and O–H groups in total. The summed E-state index contributed by atoms with van der Waals surface area (Å²) < 4.78 is 30.7. The van der Waals surface area contributed by atoms with E-state index in [-0.39, 0.29) is 22.6 Å². The van der Waals surface area contributed by atoms with Crippen LogP contribution >= 0.6 is 0 Å². The predicted octanol–water partition coefficient (Wildman–Crippen LogP) is 1.85. The molecule has 0 radical (unpaired) electrons. The Morgan fingerprint density at radius 2 is 1.91 bits per heavy atom. The summed E-state index contributed by atoms with van der Waals surface area (Å²) in [5.41, 5.74) is 1.26. The number of ketones is 1. The second-order valence-electron chi connectivity index (χ2n) is 7.60. The molecule has 0 fully saturated rings. The Kier molecular flexibility index (Phi) is 7.30. The minimum absolute atomic E-state index is 0.00204. The van der Waals surface area contributed by atoms with Gasteiger partial charge >= 0.3 is 5.97 Å². The van der Waals surface area contributed by atoms with E-state index in [1.807, 2.05) is 0 Å². The van der Waals surface area contributed by atoms with Gasteiger partial charge in [0.2, 0.25) is 10.0 Å². The van der Waals surface area contributed by atoms with Gasteiger partial charge in [-0.2, -0.15) is 0 Å². The minimum atomic E-state index is -3.40.